The van der Waals surface area contributed by atoms with E-state index in [2.05, 4.69) is 0 Å². The van der Waals surface area contributed by atoms with E-state index in [1.807, 2.05) is 38.1 Å². The van der Waals surface area contributed by atoms with Crippen molar-refractivity contribution in [1.29, 1.82) is 0 Å². The van der Waals surface area contributed by atoms with Gasteiger partial charge in [-0.25, -0.2) is 0 Å². The Morgan fingerprint density at radius 1 is 1.24 bits per heavy atom. The Labute approximate surface area is 127 Å². The summed E-state index contributed by atoms with van der Waals surface area (Å²) in [5.41, 5.74) is 6.35. The average molecular weight is 297 g/mol. The van der Waals surface area contributed by atoms with E-state index in [9.17, 15) is 5.11 Å². The van der Waals surface area contributed by atoms with Gasteiger partial charge in [-0.15, -0.1) is 0 Å². The molecule has 1 aromatic carbocycles. The van der Waals surface area contributed by atoms with Gasteiger partial charge in [0.1, 0.15) is 18.5 Å². The number of hydrogen-bond donors (Lipinski definition) is 2. The van der Waals surface area contributed by atoms with Crippen molar-refractivity contribution in [3.8, 4) is 5.75 Å². The van der Waals surface area contributed by atoms with Crippen molar-refractivity contribution in [2.24, 2.45) is 5.73 Å². The molecule has 5 nitrogen and oxygen atoms in total. The Balaban J connectivity index is 2.24. The van der Waals surface area contributed by atoms with Gasteiger partial charge in [-0.3, -0.25) is 0 Å². The predicted molar refractivity (Wildman–Crippen MR) is 82.4 cm³/mol. The lowest BCUT2D eigenvalue weighted by molar-refractivity contribution is -0.0308. The van der Waals surface area contributed by atoms with Gasteiger partial charge in [0.05, 0.1) is 12.2 Å². The molecule has 0 radical (unpaired) electrons. The molecule has 0 aliphatic heterocycles. The molecular weight excluding hydrogens is 270 g/mol. The third-order valence-electron chi connectivity index (χ3n) is 3.34. The second kappa shape index (κ2) is 9.00. The Morgan fingerprint density at radius 2 is 1.95 bits per heavy atom. The molecule has 3 N–H and O–H groups in total. The van der Waals surface area contributed by atoms with Crippen LogP contribution in [0.4, 0.5) is 0 Å². The third kappa shape index (κ3) is 6.91. The highest BCUT2D eigenvalue weighted by atomic mass is 16.5. The van der Waals surface area contributed by atoms with Crippen LogP contribution in [0.25, 0.3) is 0 Å². The lowest BCUT2D eigenvalue weighted by atomic mass is 10.1. The van der Waals surface area contributed by atoms with Crippen LogP contribution >= 0.6 is 0 Å². The molecular formula is C16H27NO4. The molecule has 0 aliphatic rings. The summed E-state index contributed by atoms with van der Waals surface area (Å²) in [5, 5.41) is 9.85. The summed E-state index contributed by atoms with van der Waals surface area (Å²) in [6.45, 7) is 5.38. The number of aliphatic hydroxyl groups is 1. The first-order chi connectivity index (χ1) is 9.98. The van der Waals surface area contributed by atoms with E-state index in [1.54, 1.807) is 7.11 Å². The number of methoxy groups -OCH3 is 1. The molecule has 0 saturated carbocycles. The molecule has 1 rings (SSSR count). The van der Waals surface area contributed by atoms with Gasteiger partial charge in [0.25, 0.3) is 0 Å². The Morgan fingerprint density at radius 3 is 2.62 bits per heavy atom. The van der Waals surface area contributed by atoms with Crippen molar-refractivity contribution >= 4 is 0 Å². The summed E-state index contributed by atoms with van der Waals surface area (Å²) in [6, 6.07) is 7.54. The largest absolute Gasteiger partial charge is 0.490 e. The number of aliphatic hydroxyl groups excluding tert-OH is 1. The normalized spacial score (nSPS) is 13.2. The first kappa shape index (κ1) is 17.9. The Bertz CT molecular complexity index is 409. The summed E-state index contributed by atoms with van der Waals surface area (Å²) in [4.78, 5) is 0. The number of hydrogen-bond acceptors (Lipinski definition) is 5. The van der Waals surface area contributed by atoms with E-state index >= 15 is 0 Å². The minimum Gasteiger partial charge on any atom is -0.490 e. The molecule has 1 aromatic rings. The van der Waals surface area contributed by atoms with Crippen LogP contribution < -0.4 is 10.5 Å². The van der Waals surface area contributed by atoms with E-state index < -0.39 is 6.10 Å². The molecule has 0 aliphatic carbocycles. The van der Waals surface area contributed by atoms with Gasteiger partial charge < -0.3 is 25.1 Å². The van der Waals surface area contributed by atoms with Gasteiger partial charge in [-0.2, -0.15) is 0 Å². The molecule has 5 heteroatoms. The molecule has 0 fully saturated rings. The zero-order chi connectivity index (χ0) is 15.7. The molecule has 0 saturated heterocycles. The van der Waals surface area contributed by atoms with Crippen LogP contribution in [0.5, 0.6) is 5.75 Å². The lowest BCUT2D eigenvalue weighted by Crippen LogP contribution is -2.27. The highest BCUT2D eigenvalue weighted by Gasteiger charge is 2.16. The van der Waals surface area contributed by atoms with E-state index in [0.717, 1.165) is 12.0 Å². The molecule has 0 heterocycles. The Kier molecular flexibility index (Phi) is 7.67. The second-order valence-corrected chi connectivity index (χ2v) is 5.57. The molecule has 1 unspecified atom stereocenters. The van der Waals surface area contributed by atoms with Gasteiger partial charge in [-0.05, 0) is 26.3 Å². The van der Waals surface area contributed by atoms with E-state index in [1.165, 1.54) is 0 Å². The summed E-state index contributed by atoms with van der Waals surface area (Å²) in [6.07, 6.45) is 0.106. The van der Waals surface area contributed by atoms with Gasteiger partial charge in [0, 0.05) is 25.8 Å². The van der Waals surface area contributed by atoms with Crippen LogP contribution in [0.15, 0.2) is 24.3 Å². The first-order valence-electron chi connectivity index (χ1n) is 7.20. The summed E-state index contributed by atoms with van der Waals surface area (Å²) >= 11 is 0. The average Bonchev–Trinajstić information content (AvgIpc) is 2.49. The fourth-order valence-corrected chi connectivity index (χ4v) is 1.69. The summed E-state index contributed by atoms with van der Waals surface area (Å²) < 4.78 is 16.3. The molecule has 0 bridgehead atoms. The standard InChI is InChI=1S/C16H27NO4/c1-16(2,19-3)8-9-20-11-14(18)12-21-15-7-5-4-6-13(15)10-17/h4-7,14,18H,8-12,17H2,1-3H3. The highest BCUT2D eigenvalue weighted by Crippen LogP contribution is 2.17. The molecule has 1 atom stereocenters. The van der Waals surface area contributed by atoms with Crippen molar-refractivity contribution in [3.63, 3.8) is 0 Å². The molecule has 0 spiro atoms. The molecule has 120 valence electrons. The van der Waals surface area contributed by atoms with Crippen LogP contribution in [0, 0.1) is 0 Å². The van der Waals surface area contributed by atoms with Crippen LogP contribution in [-0.4, -0.2) is 43.7 Å². The van der Waals surface area contributed by atoms with E-state index in [-0.39, 0.29) is 18.8 Å². The maximum Gasteiger partial charge on any atom is 0.123 e. The van der Waals surface area contributed by atoms with Gasteiger partial charge >= 0.3 is 0 Å². The Hall–Kier alpha value is -1.14. The van der Waals surface area contributed by atoms with Crippen LogP contribution in [-0.2, 0) is 16.0 Å². The van der Waals surface area contributed by atoms with E-state index in [0.29, 0.717) is 18.9 Å². The quantitative estimate of drug-likeness (QED) is 0.643. The smallest absolute Gasteiger partial charge is 0.123 e. The minimum atomic E-state index is -0.665. The maximum absolute atomic E-state index is 9.85. The molecule has 0 aromatic heterocycles. The van der Waals surface area contributed by atoms with Crippen molar-refractivity contribution in [3.05, 3.63) is 29.8 Å². The lowest BCUT2D eigenvalue weighted by Gasteiger charge is -2.23. The number of nitrogens with two attached hydrogens (primary N) is 1. The zero-order valence-electron chi connectivity index (χ0n) is 13.2. The van der Waals surface area contributed by atoms with Gasteiger partial charge in [-0.1, -0.05) is 18.2 Å². The number of para-hydroxylation sites is 1. The molecule has 21 heavy (non-hydrogen) atoms. The van der Waals surface area contributed by atoms with Gasteiger partial charge in [0.2, 0.25) is 0 Å². The van der Waals surface area contributed by atoms with Crippen molar-refractivity contribution in [2.45, 2.75) is 38.5 Å². The maximum atomic E-state index is 9.85. The van der Waals surface area contributed by atoms with Crippen molar-refractivity contribution in [2.75, 3.05) is 26.9 Å². The number of ether oxygens (including phenoxy) is 3. The minimum absolute atomic E-state index is 0.185. The first-order valence-corrected chi connectivity index (χ1v) is 7.20. The van der Waals surface area contributed by atoms with Crippen molar-refractivity contribution in [1.82, 2.24) is 0 Å². The highest BCUT2D eigenvalue weighted by molar-refractivity contribution is 5.32. The topological polar surface area (TPSA) is 73.9 Å². The van der Waals surface area contributed by atoms with E-state index in [4.69, 9.17) is 19.9 Å². The summed E-state index contributed by atoms with van der Waals surface area (Å²) in [7, 11) is 1.68. The van der Waals surface area contributed by atoms with Crippen LogP contribution in [0.3, 0.4) is 0 Å². The number of rotatable bonds is 10. The second-order valence-electron chi connectivity index (χ2n) is 5.57. The predicted octanol–water partition coefficient (Wildman–Crippen LogP) is 1.72. The monoisotopic (exact) mass is 297 g/mol. The zero-order valence-corrected chi connectivity index (χ0v) is 13.2. The van der Waals surface area contributed by atoms with Crippen molar-refractivity contribution < 1.29 is 19.3 Å². The van der Waals surface area contributed by atoms with Crippen LogP contribution in [0.2, 0.25) is 0 Å². The summed E-state index contributed by atoms with van der Waals surface area (Å²) in [5.74, 6) is 0.708. The van der Waals surface area contributed by atoms with Gasteiger partial charge in [0.15, 0.2) is 0 Å². The van der Waals surface area contributed by atoms with Crippen LogP contribution in [0.1, 0.15) is 25.8 Å². The third-order valence-corrected chi connectivity index (χ3v) is 3.34. The fraction of sp³-hybridized carbons (Fsp3) is 0.625. The molecule has 0 amide bonds. The SMILES string of the molecule is COC(C)(C)CCOCC(O)COc1ccccc1CN. The fourth-order valence-electron chi connectivity index (χ4n) is 1.69. The number of benzene rings is 1.